The van der Waals surface area contributed by atoms with E-state index in [9.17, 15) is 4.79 Å². The van der Waals surface area contributed by atoms with Gasteiger partial charge in [0.2, 0.25) is 0 Å². The molecule has 0 N–H and O–H groups in total. The van der Waals surface area contributed by atoms with Gasteiger partial charge in [0.05, 0.1) is 5.92 Å². The van der Waals surface area contributed by atoms with Crippen molar-refractivity contribution in [2.45, 2.75) is 72.3 Å². The summed E-state index contributed by atoms with van der Waals surface area (Å²) in [6.45, 7) is 11.6. The molecule has 3 fully saturated rings. The van der Waals surface area contributed by atoms with E-state index in [4.69, 9.17) is 4.74 Å². The molecule has 0 aromatic heterocycles. The number of hydrogen-bond acceptors (Lipinski definition) is 2. The maximum Gasteiger partial charge on any atom is 0.309 e. The minimum atomic E-state index is -0.199. The van der Waals surface area contributed by atoms with Gasteiger partial charge in [-0.3, -0.25) is 4.79 Å². The average molecular weight is 264 g/mol. The van der Waals surface area contributed by atoms with Crippen molar-refractivity contribution in [1.82, 2.24) is 0 Å². The van der Waals surface area contributed by atoms with Crippen molar-refractivity contribution >= 4 is 5.97 Å². The van der Waals surface area contributed by atoms with Gasteiger partial charge in [0.15, 0.2) is 0 Å². The van der Waals surface area contributed by atoms with Gasteiger partial charge in [0.25, 0.3) is 0 Å². The molecule has 0 amide bonds. The lowest BCUT2D eigenvalue weighted by Crippen LogP contribution is -2.57. The van der Waals surface area contributed by atoms with Crippen molar-refractivity contribution in [1.29, 1.82) is 0 Å². The molecule has 1 saturated heterocycles. The summed E-state index contributed by atoms with van der Waals surface area (Å²) in [6, 6.07) is 0. The molecular formula is C17H28O2. The fraction of sp³-hybridized carbons (Fsp3) is 0.941. The minimum absolute atomic E-state index is 0.0396. The number of rotatable bonds is 0. The van der Waals surface area contributed by atoms with Crippen LogP contribution < -0.4 is 0 Å². The van der Waals surface area contributed by atoms with Crippen LogP contribution in [-0.4, -0.2) is 11.6 Å². The Morgan fingerprint density at radius 3 is 2.47 bits per heavy atom. The van der Waals surface area contributed by atoms with E-state index in [2.05, 4.69) is 34.6 Å². The topological polar surface area (TPSA) is 26.3 Å². The molecule has 0 bridgehead atoms. The quantitative estimate of drug-likeness (QED) is 0.613. The second-order valence-corrected chi connectivity index (χ2v) is 8.44. The molecule has 5 atom stereocenters. The van der Waals surface area contributed by atoms with Crippen LogP contribution in [0.1, 0.15) is 66.7 Å². The van der Waals surface area contributed by atoms with Crippen LogP contribution in [-0.2, 0) is 9.53 Å². The summed E-state index contributed by atoms with van der Waals surface area (Å²) in [5.74, 6) is 1.26. The van der Waals surface area contributed by atoms with Crippen molar-refractivity contribution in [2.75, 3.05) is 0 Å². The van der Waals surface area contributed by atoms with E-state index in [1.807, 2.05) is 0 Å². The first-order chi connectivity index (χ1) is 8.71. The Morgan fingerprint density at radius 2 is 1.79 bits per heavy atom. The Balaban J connectivity index is 2.05. The van der Waals surface area contributed by atoms with E-state index in [-0.39, 0.29) is 22.9 Å². The van der Waals surface area contributed by atoms with Crippen LogP contribution in [0.15, 0.2) is 0 Å². The molecule has 1 aliphatic heterocycles. The summed E-state index contributed by atoms with van der Waals surface area (Å²) in [5.41, 5.74) is 0.495. The summed E-state index contributed by atoms with van der Waals surface area (Å²) in [5, 5.41) is 0. The Morgan fingerprint density at radius 1 is 1.11 bits per heavy atom. The van der Waals surface area contributed by atoms with Crippen LogP contribution >= 0.6 is 0 Å². The lowest BCUT2D eigenvalue weighted by Gasteiger charge is -2.60. The largest absolute Gasteiger partial charge is 0.459 e. The lowest BCUT2D eigenvalue weighted by atomic mass is 9.44. The highest BCUT2D eigenvalue weighted by Gasteiger charge is 2.65. The van der Waals surface area contributed by atoms with E-state index >= 15 is 0 Å². The fourth-order valence-electron chi connectivity index (χ4n) is 6.22. The van der Waals surface area contributed by atoms with Gasteiger partial charge in [-0.05, 0) is 49.4 Å². The molecule has 0 spiro atoms. The highest BCUT2D eigenvalue weighted by atomic mass is 16.6. The molecule has 2 aliphatic carbocycles. The zero-order chi connectivity index (χ0) is 14.1. The summed E-state index contributed by atoms with van der Waals surface area (Å²) >= 11 is 0. The zero-order valence-corrected chi connectivity index (χ0v) is 13.1. The molecule has 108 valence electrons. The monoisotopic (exact) mass is 264 g/mol. The van der Waals surface area contributed by atoms with Crippen LogP contribution in [0.3, 0.4) is 0 Å². The van der Waals surface area contributed by atoms with E-state index in [0.717, 1.165) is 12.3 Å². The Bertz CT molecular complexity index is 413. The van der Waals surface area contributed by atoms with Crippen molar-refractivity contribution in [3.05, 3.63) is 0 Å². The van der Waals surface area contributed by atoms with E-state index in [1.54, 1.807) is 0 Å². The summed E-state index contributed by atoms with van der Waals surface area (Å²) in [4.78, 5) is 12.1. The fourth-order valence-corrected chi connectivity index (χ4v) is 6.22. The third-order valence-electron chi connectivity index (χ3n) is 6.78. The van der Waals surface area contributed by atoms with E-state index < -0.39 is 0 Å². The second kappa shape index (κ2) is 3.77. The minimum Gasteiger partial charge on any atom is -0.459 e. The van der Waals surface area contributed by atoms with Gasteiger partial charge in [-0.25, -0.2) is 0 Å². The molecule has 2 heteroatoms. The van der Waals surface area contributed by atoms with Gasteiger partial charge in [-0.1, -0.05) is 34.1 Å². The van der Waals surface area contributed by atoms with Crippen LogP contribution in [0.25, 0.3) is 0 Å². The molecule has 19 heavy (non-hydrogen) atoms. The summed E-state index contributed by atoms with van der Waals surface area (Å²) < 4.78 is 5.81. The van der Waals surface area contributed by atoms with Crippen LogP contribution in [0.4, 0.5) is 0 Å². The highest BCUT2D eigenvalue weighted by molar-refractivity contribution is 5.76. The summed E-state index contributed by atoms with van der Waals surface area (Å²) in [6.07, 6.45) is 6.17. The van der Waals surface area contributed by atoms with Gasteiger partial charge in [-0.2, -0.15) is 0 Å². The van der Waals surface area contributed by atoms with Gasteiger partial charge in [-0.15, -0.1) is 0 Å². The van der Waals surface area contributed by atoms with Crippen LogP contribution in [0.5, 0.6) is 0 Å². The molecular weight excluding hydrogens is 236 g/mol. The molecule has 3 rings (SSSR count). The smallest absolute Gasteiger partial charge is 0.309 e. The lowest BCUT2D eigenvalue weighted by molar-refractivity contribution is -0.165. The number of fused-ring (bicyclic) bond motifs is 3. The first kappa shape index (κ1) is 13.5. The van der Waals surface area contributed by atoms with Gasteiger partial charge in [0.1, 0.15) is 5.60 Å². The Hall–Kier alpha value is -0.530. The first-order valence-electron chi connectivity index (χ1n) is 7.94. The number of hydrogen-bond donors (Lipinski definition) is 0. The van der Waals surface area contributed by atoms with Gasteiger partial charge in [0, 0.05) is 5.92 Å². The number of carbonyl (C=O) groups excluding carboxylic acids is 1. The van der Waals surface area contributed by atoms with Crippen LogP contribution in [0, 0.1) is 28.6 Å². The predicted molar refractivity (Wildman–Crippen MR) is 75.6 cm³/mol. The maximum atomic E-state index is 12.1. The van der Waals surface area contributed by atoms with Crippen LogP contribution in [0.2, 0.25) is 0 Å². The van der Waals surface area contributed by atoms with Gasteiger partial charge >= 0.3 is 5.97 Å². The molecule has 2 nitrogen and oxygen atoms in total. The normalized spacial score (nSPS) is 52.3. The summed E-state index contributed by atoms with van der Waals surface area (Å²) in [7, 11) is 0. The highest BCUT2D eigenvalue weighted by Crippen LogP contribution is 2.66. The van der Waals surface area contributed by atoms with Crippen molar-refractivity contribution in [3.8, 4) is 0 Å². The molecule has 0 unspecified atom stereocenters. The zero-order valence-electron chi connectivity index (χ0n) is 13.1. The standard InChI is InChI=1S/C17H28O2/c1-11-13-16(4)9-6-8-15(2,3)12(16)7-10-17(13,5)19-14(11)18/h11-13H,6-10H2,1-5H3/t11-,12-,13+,16-,17+/m0/s1. The number of carbonyl (C=O) groups is 1. The van der Waals surface area contributed by atoms with E-state index in [0.29, 0.717) is 11.3 Å². The SMILES string of the molecule is C[C@@H]1C(=O)O[C@]2(C)CC[C@H]3C(C)(C)CCC[C@]3(C)[C@@H]12. The van der Waals surface area contributed by atoms with E-state index in [1.165, 1.54) is 25.7 Å². The molecule has 2 saturated carbocycles. The number of esters is 1. The predicted octanol–water partition coefficient (Wildman–Crippen LogP) is 4.18. The Kier molecular flexibility index (Phi) is 2.67. The second-order valence-electron chi connectivity index (χ2n) is 8.44. The van der Waals surface area contributed by atoms with Crippen molar-refractivity contribution in [2.24, 2.45) is 28.6 Å². The maximum absolute atomic E-state index is 12.1. The molecule has 3 aliphatic rings. The Labute approximate surface area is 117 Å². The van der Waals surface area contributed by atoms with Crippen molar-refractivity contribution < 1.29 is 9.53 Å². The molecule has 1 heterocycles. The molecule has 0 radical (unpaired) electrons. The molecule has 0 aromatic carbocycles. The number of ether oxygens (including phenoxy) is 1. The molecule has 0 aromatic rings. The van der Waals surface area contributed by atoms with Crippen molar-refractivity contribution in [3.63, 3.8) is 0 Å². The van der Waals surface area contributed by atoms with Gasteiger partial charge < -0.3 is 4.74 Å². The first-order valence-corrected chi connectivity index (χ1v) is 7.94. The third kappa shape index (κ3) is 1.64. The third-order valence-corrected chi connectivity index (χ3v) is 6.78. The average Bonchev–Trinajstić information content (AvgIpc) is 2.49.